The maximum Gasteiger partial charge on any atom is 0 e. The molecular weight excluding hydrogens is 478 g/mol. The molecule has 39 valence electrons. The Hall–Kier alpha value is 2.57. The summed E-state index contributed by atoms with van der Waals surface area (Å²) in [6.07, 6.45) is 1.18. The predicted octanol–water partition coefficient (Wildman–Crippen LogP) is -0.524. The molecule has 0 saturated carbocycles. The third-order valence-corrected chi connectivity index (χ3v) is 13.4. The summed E-state index contributed by atoms with van der Waals surface area (Å²) in [5.41, 5.74) is 0. The average molecular weight is 482 g/mol. The van der Waals surface area contributed by atoms with Crippen LogP contribution in [-0.4, -0.2) is 45.7 Å². The maximum atomic E-state index is 10.3. The molecule has 0 amide bonds. The summed E-state index contributed by atoms with van der Waals surface area (Å²) in [6.45, 7) is 3.22. The molecule has 1 radical (unpaired) electrons. The molecule has 0 aliphatic rings. The van der Waals surface area contributed by atoms with Crippen LogP contribution in [0.15, 0.2) is 12.7 Å². The first-order valence-corrected chi connectivity index (χ1v) is 28.3. The Labute approximate surface area is 104 Å². The van der Waals surface area contributed by atoms with E-state index in [1.807, 2.05) is 0 Å². The Morgan fingerprint density at radius 2 is 2.12 bits per heavy atom. The van der Waals surface area contributed by atoms with E-state index in [2.05, 4.69) is 6.58 Å². The largest absolute Gasteiger partial charge is 0 e. The summed E-state index contributed by atoms with van der Waals surface area (Å²) < 4.78 is 10.2. The molecule has 8 heavy (non-hydrogen) atoms. The topological polar surface area (TPSA) is 34.1 Å². The quantitative estimate of drug-likeness (QED) is 0.393. The van der Waals surface area contributed by atoms with Gasteiger partial charge in [0.05, 0.1) is 0 Å². The van der Waals surface area contributed by atoms with Gasteiger partial charge in [0.1, 0.15) is 0 Å². The smallest absolute Gasteiger partial charge is 0 e. The molecule has 0 aliphatic heterocycles. The van der Waals surface area contributed by atoms with E-state index in [9.17, 15) is 8.19 Å². The van der Waals surface area contributed by atoms with Gasteiger partial charge in [-0.05, 0) is 0 Å². The van der Waals surface area contributed by atoms with Gasteiger partial charge < -0.3 is 0 Å². The van der Waals surface area contributed by atoms with Crippen LogP contribution in [0.3, 0.4) is 0 Å². The fourth-order valence-electron chi connectivity index (χ4n) is 0.117. The molecular formula is C3H4BaO2WY. The van der Waals surface area contributed by atoms with Crippen molar-refractivity contribution in [1.29, 1.82) is 0 Å². The molecule has 0 aromatic heterocycles. The predicted molar refractivity (Wildman–Crippen MR) is 23.0 cm³/mol. The van der Waals surface area contributed by atoms with Gasteiger partial charge in [-0.25, -0.2) is 0 Å². The molecule has 0 unspecified atom stereocenters. The number of carbonyl (C=O) groups is 1. The molecule has 0 saturated heterocycles. The summed E-state index contributed by atoms with van der Waals surface area (Å²) in [5, 5.41) is 0. The van der Waals surface area contributed by atoms with Gasteiger partial charge in [0.15, 0.2) is 0 Å². The van der Waals surface area contributed by atoms with Crippen molar-refractivity contribution in [3.63, 3.8) is 0 Å². The molecule has 0 spiro atoms. The fourth-order valence-corrected chi connectivity index (χ4v) is 5.24. The van der Waals surface area contributed by atoms with E-state index in [0.29, 0.717) is 0 Å². The van der Waals surface area contributed by atoms with Crippen LogP contribution in [0, 0.1) is 0 Å². The number of carbonyl (C=O) groups excluding carboxylic acids is 1. The van der Waals surface area contributed by atoms with Gasteiger partial charge in [-0.15, -0.1) is 0 Å². The molecule has 5 heteroatoms. The van der Waals surface area contributed by atoms with Crippen molar-refractivity contribution in [3.8, 4) is 0 Å². The third kappa shape index (κ3) is 6.69. The van der Waals surface area contributed by atoms with Gasteiger partial charge >= 0.3 is 74.0 Å². The standard InChI is InChI=1S/C3H3O.Ba.O.W.Y.H/c1-2-3-4;;;;;/h2H,1H2;;;;;. The Balaban J connectivity index is 0. The van der Waals surface area contributed by atoms with Crippen LogP contribution < -0.4 is 0 Å². The number of rotatable bonds is 2. The van der Waals surface area contributed by atoms with Crippen LogP contribution in [0.4, 0.5) is 0 Å². The van der Waals surface area contributed by atoms with Gasteiger partial charge in [0, 0.05) is 32.7 Å². The second-order valence-corrected chi connectivity index (χ2v) is 24.7. The van der Waals surface area contributed by atoms with Crippen molar-refractivity contribution in [2.45, 2.75) is 0 Å². The third-order valence-electron chi connectivity index (χ3n) is 0.450. The van der Waals surface area contributed by atoms with Crippen LogP contribution in [-0.2, 0) is 48.3 Å². The van der Waals surface area contributed by atoms with E-state index in [1.165, 1.54) is 6.08 Å². The van der Waals surface area contributed by atoms with E-state index < -0.39 is 7.40 Å². The molecule has 2 nitrogen and oxygen atoms in total. The van der Waals surface area contributed by atoms with Crippen molar-refractivity contribution < 1.29 is 48.3 Å². The first-order valence-electron chi connectivity index (χ1n) is 1.68. The Bertz CT molecular complexity index is 124. The Morgan fingerprint density at radius 3 is 2.12 bits per heavy atom. The normalized spacial score (nSPS) is 7.50. The average Bonchev–Trinajstić information content (AvgIpc) is 1.65. The second kappa shape index (κ2) is 7.68. The zero-order valence-corrected chi connectivity index (χ0v) is 16.6. The molecule has 0 N–H and O–H groups in total. The second-order valence-electron chi connectivity index (χ2n) is 0.977. The first kappa shape index (κ1) is 13.2. The van der Waals surface area contributed by atoms with Crippen LogP contribution in [0.2, 0.25) is 0 Å². The molecule has 0 fully saturated rings. The summed E-state index contributed by atoms with van der Waals surface area (Å²) in [5.74, 6) is 0. The van der Waals surface area contributed by atoms with Gasteiger partial charge in [-0.1, -0.05) is 0 Å². The van der Waals surface area contributed by atoms with E-state index >= 15 is 0 Å². The summed E-state index contributed by atoms with van der Waals surface area (Å²) in [7, 11) is -2.50. The number of hydrogen-bond acceptors (Lipinski definition) is 2. The molecule has 0 rings (SSSR count). The minimum atomic E-state index is -2.50. The summed E-state index contributed by atoms with van der Waals surface area (Å²) in [6, 6.07) is 0. The van der Waals surface area contributed by atoms with Crippen molar-refractivity contribution in [2.24, 2.45) is 0 Å². The minimum absolute atomic E-state index is 0. The molecule has 0 aromatic rings. The molecule has 0 heterocycles. The van der Waals surface area contributed by atoms with Gasteiger partial charge in [-0.3, -0.25) is 0 Å². The monoisotopic (exact) mass is 483 g/mol. The van der Waals surface area contributed by atoms with Crippen LogP contribution >= 0.6 is 0 Å². The van der Waals surface area contributed by atoms with E-state index in [0.717, 1.165) is 0 Å². The van der Waals surface area contributed by atoms with Gasteiger partial charge in [-0.2, -0.15) is 0 Å². The zero-order chi connectivity index (χ0) is 5.86. The van der Waals surface area contributed by atoms with Gasteiger partial charge in [0.2, 0.25) is 0 Å². The number of allylic oxidation sites excluding steroid dienone is 1. The van der Waals surface area contributed by atoms with Crippen LogP contribution in [0.25, 0.3) is 0 Å². The zero-order valence-electron chi connectivity index (χ0n) is 4.59. The first-order chi connectivity index (χ1) is 3.18. The molecule has 0 bridgehead atoms. The van der Waals surface area contributed by atoms with Crippen molar-refractivity contribution in [2.75, 3.05) is 0 Å². The Morgan fingerprint density at radius 1 is 1.75 bits per heavy atom. The van der Waals surface area contributed by atoms with E-state index in [-0.39, 0.29) is 78.5 Å². The van der Waals surface area contributed by atoms with Crippen molar-refractivity contribution >= 4 is 45.7 Å². The van der Waals surface area contributed by atoms with Crippen LogP contribution in [0.1, 0.15) is 0 Å². The summed E-state index contributed by atoms with van der Waals surface area (Å²) >= 11 is 0.0348. The summed E-state index contributed by atoms with van der Waals surface area (Å²) in [4.78, 5) is 10.2. The van der Waals surface area contributed by atoms with Crippen molar-refractivity contribution in [1.82, 2.24) is 0 Å². The van der Waals surface area contributed by atoms with Crippen molar-refractivity contribution in [3.05, 3.63) is 12.7 Å². The Kier molecular flexibility index (Phi) is 12.7. The number of hydrogen-bond donors (Lipinski definition) is 0. The SMILES string of the molecule is C=C[C](=O)[W](=[O])[BaH].[Y]. The van der Waals surface area contributed by atoms with Crippen LogP contribution in [0.5, 0.6) is 0 Å². The fraction of sp³-hybridized carbons (Fsp3) is 0. The maximum absolute atomic E-state index is 10.3. The molecule has 0 aliphatic carbocycles. The van der Waals surface area contributed by atoms with E-state index in [4.69, 9.17) is 0 Å². The molecule has 0 atom stereocenters. The minimum Gasteiger partial charge on any atom is 0 e. The van der Waals surface area contributed by atoms with Gasteiger partial charge in [0.25, 0.3) is 0 Å². The molecule has 0 aromatic carbocycles. The van der Waals surface area contributed by atoms with E-state index in [1.54, 1.807) is 0 Å².